The molecule has 0 saturated heterocycles. The summed E-state index contributed by atoms with van der Waals surface area (Å²) < 4.78 is 19.2. The van der Waals surface area contributed by atoms with E-state index in [0.717, 1.165) is 13.0 Å². The molecule has 6 heteroatoms. The molecule has 0 atom stereocenters. The number of aromatic nitrogens is 2. The Morgan fingerprint density at radius 3 is 2.86 bits per heavy atom. The van der Waals surface area contributed by atoms with Crippen LogP contribution in [0.3, 0.4) is 0 Å². The third-order valence-corrected chi connectivity index (χ3v) is 3.11. The molecule has 4 nitrogen and oxygen atoms in total. The van der Waals surface area contributed by atoms with Gasteiger partial charge >= 0.3 is 0 Å². The molecule has 1 aromatic heterocycles. The van der Waals surface area contributed by atoms with Crippen molar-refractivity contribution >= 4 is 17.4 Å². The molecule has 0 spiro atoms. The van der Waals surface area contributed by atoms with Gasteiger partial charge < -0.3 is 10.1 Å². The quantitative estimate of drug-likeness (QED) is 0.879. The van der Waals surface area contributed by atoms with E-state index in [1.807, 2.05) is 0 Å². The van der Waals surface area contributed by atoms with Crippen molar-refractivity contribution in [1.82, 2.24) is 9.97 Å². The Bertz CT molecular complexity index is 622. The van der Waals surface area contributed by atoms with Crippen LogP contribution in [0.25, 0.3) is 11.4 Å². The van der Waals surface area contributed by atoms with E-state index in [9.17, 15) is 4.39 Å². The lowest BCUT2D eigenvalue weighted by Gasteiger charge is -2.10. The zero-order valence-corrected chi connectivity index (χ0v) is 12.7. The normalized spacial score (nSPS) is 10.7. The summed E-state index contributed by atoms with van der Waals surface area (Å²) in [5.74, 6) is 0.423. The number of anilines is 1. The van der Waals surface area contributed by atoms with Crippen molar-refractivity contribution in [2.24, 2.45) is 0 Å². The molecule has 0 amide bonds. The van der Waals surface area contributed by atoms with Gasteiger partial charge in [-0.05, 0) is 18.6 Å². The van der Waals surface area contributed by atoms with E-state index < -0.39 is 5.82 Å². The first-order valence-corrected chi connectivity index (χ1v) is 7.08. The topological polar surface area (TPSA) is 47.0 Å². The molecule has 21 heavy (non-hydrogen) atoms. The average molecular weight is 310 g/mol. The van der Waals surface area contributed by atoms with Crippen LogP contribution < -0.4 is 5.32 Å². The maximum absolute atomic E-state index is 14.1. The maximum atomic E-state index is 14.1. The second-order valence-electron chi connectivity index (χ2n) is 4.53. The largest absolute Gasteiger partial charge is 0.378 e. The monoisotopic (exact) mass is 309 g/mol. The summed E-state index contributed by atoms with van der Waals surface area (Å²) in [5, 5.41) is 3.23. The van der Waals surface area contributed by atoms with Crippen molar-refractivity contribution in [3.05, 3.63) is 40.8 Å². The van der Waals surface area contributed by atoms with Gasteiger partial charge in [0.2, 0.25) is 0 Å². The third-order valence-electron chi connectivity index (χ3n) is 2.82. The van der Waals surface area contributed by atoms with E-state index in [-0.39, 0.29) is 10.6 Å². The van der Waals surface area contributed by atoms with Crippen molar-refractivity contribution in [2.45, 2.75) is 20.0 Å². The first kappa shape index (κ1) is 15.7. The first-order valence-electron chi connectivity index (χ1n) is 6.70. The van der Waals surface area contributed by atoms with Gasteiger partial charge in [0.05, 0.1) is 22.9 Å². The predicted octanol–water partition coefficient (Wildman–Crippen LogP) is 3.90. The number of hydrogen-bond donors (Lipinski definition) is 1. The van der Waals surface area contributed by atoms with Gasteiger partial charge in [0, 0.05) is 19.7 Å². The lowest BCUT2D eigenvalue weighted by atomic mass is 10.2. The fourth-order valence-corrected chi connectivity index (χ4v) is 2.03. The van der Waals surface area contributed by atoms with E-state index >= 15 is 0 Å². The number of rotatable bonds is 6. The minimum Gasteiger partial charge on any atom is -0.378 e. The van der Waals surface area contributed by atoms with Crippen LogP contribution in [0.15, 0.2) is 24.3 Å². The van der Waals surface area contributed by atoms with Gasteiger partial charge in [0.15, 0.2) is 11.6 Å². The van der Waals surface area contributed by atoms with Crippen molar-refractivity contribution in [1.29, 1.82) is 0 Å². The molecular weight excluding hydrogens is 293 g/mol. The van der Waals surface area contributed by atoms with Gasteiger partial charge in [0.1, 0.15) is 5.82 Å². The summed E-state index contributed by atoms with van der Waals surface area (Å²) in [4.78, 5) is 8.68. The number of nitrogens with one attached hydrogen (secondary N) is 1. The third kappa shape index (κ3) is 3.89. The zero-order chi connectivity index (χ0) is 15.2. The van der Waals surface area contributed by atoms with E-state index in [1.165, 1.54) is 6.07 Å². The van der Waals surface area contributed by atoms with Crippen LogP contribution in [0.5, 0.6) is 0 Å². The summed E-state index contributed by atoms with van der Waals surface area (Å²) in [6, 6.07) is 6.57. The van der Waals surface area contributed by atoms with Crippen LogP contribution in [0, 0.1) is 5.82 Å². The van der Waals surface area contributed by atoms with Gasteiger partial charge in [-0.15, -0.1) is 0 Å². The highest BCUT2D eigenvalue weighted by atomic mass is 35.5. The molecule has 2 rings (SSSR count). The summed E-state index contributed by atoms with van der Waals surface area (Å²) >= 11 is 5.82. The molecule has 0 aliphatic rings. The maximum Gasteiger partial charge on any atom is 0.164 e. The molecule has 0 radical (unpaired) electrons. The van der Waals surface area contributed by atoms with E-state index in [4.69, 9.17) is 16.3 Å². The van der Waals surface area contributed by atoms with Crippen LogP contribution in [-0.4, -0.2) is 23.6 Å². The fraction of sp³-hybridized carbons (Fsp3) is 0.333. The number of benzene rings is 1. The Morgan fingerprint density at radius 2 is 2.14 bits per heavy atom. The molecule has 2 aromatic rings. The van der Waals surface area contributed by atoms with Crippen molar-refractivity contribution in [3.63, 3.8) is 0 Å². The minimum atomic E-state index is -0.518. The fourth-order valence-electron chi connectivity index (χ4n) is 1.86. The van der Waals surface area contributed by atoms with Gasteiger partial charge in [-0.1, -0.05) is 24.6 Å². The Kier molecular flexibility index (Phi) is 5.47. The second kappa shape index (κ2) is 7.33. The Morgan fingerprint density at radius 1 is 1.33 bits per heavy atom. The minimum absolute atomic E-state index is 0.0521. The highest BCUT2D eigenvalue weighted by Crippen LogP contribution is 2.26. The van der Waals surface area contributed by atoms with Crippen LogP contribution in [0.2, 0.25) is 5.02 Å². The second-order valence-corrected chi connectivity index (χ2v) is 4.94. The van der Waals surface area contributed by atoms with Gasteiger partial charge in [0.25, 0.3) is 0 Å². The number of hydrogen-bond acceptors (Lipinski definition) is 4. The number of halogens is 2. The van der Waals surface area contributed by atoms with Gasteiger partial charge in [-0.3, -0.25) is 0 Å². The van der Waals surface area contributed by atoms with Gasteiger partial charge in [-0.2, -0.15) is 0 Å². The number of methoxy groups -OCH3 is 1. The van der Waals surface area contributed by atoms with Gasteiger partial charge in [-0.25, -0.2) is 14.4 Å². The standard InChI is InChI=1S/C15H17ClFN3O/c1-3-7-18-13-8-10(9-21-2)19-15(20-13)11-5-4-6-12(16)14(11)17/h4-6,8H,3,7,9H2,1-2H3,(H,18,19,20). The molecule has 112 valence electrons. The average Bonchev–Trinajstić information content (AvgIpc) is 2.48. The molecular formula is C15H17ClFN3O. The summed E-state index contributed by atoms with van der Waals surface area (Å²) in [6.07, 6.45) is 0.963. The van der Waals surface area contributed by atoms with Crippen molar-refractivity contribution < 1.29 is 9.13 Å². The lowest BCUT2D eigenvalue weighted by molar-refractivity contribution is 0.181. The molecule has 0 aliphatic heterocycles. The lowest BCUT2D eigenvalue weighted by Crippen LogP contribution is -2.06. The van der Waals surface area contributed by atoms with Crippen LogP contribution in [0.4, 0.5) is 10.2 Å². The summed E-state index contributed by atoms with van der Waals surface area (Å²) in [6.45, 7) is 3.17. The molecule has 0 unspecified atom stereocenters. The molecule has 0 saturated carbocycles. The molecule has 0 fully saturated rings. The Labute approximate surface area is 128 Å². The Balaban J connectivity index is 2.45. The molecule has 1 N–H and O–H groups in total. The highest BCUT2D eigenvalue weighted by molar-refractivity contribution is 6.31. The van der Waals surface area contributed by atoms with Crippen molar-refractivity contribution in [3.8, 4) is 11.4 Å². The van der Waals surface area contributed by atoms with Crippen LogP contribution in [0.1, 0.15) is 19.0 Å². The molecule has 0 bridgehead atoms. The molecule has 1 aromatic carbocycles. The van der Waals surface area contributed by atoms with E-state index in [1.54, 1.807) is 25.3 Å². The predicted molar refractivity (Wildman–Crippen MR) is 81.9 cm³/mol. The first-order chi connectivity index (χ1) is 10.2. The molecule has 1 heterocycles. The summed E-state index contributed by atoms with van der Waals surface area (Å²) in [7, 11) is 1.58. The smallest absolute Gasteiger partial charge is 0.164 e. The number of ether oxygens (including phenoxy) is 1. The van der Waals surface area contributed by atoms with Crippen LogP contribution >= 0.6 is 11.6 Å². The SMILES string of the molecule is CCCNc1cc(COC)nc(-c2cccc(Cl)c2F)n1. The van der Waals surface area contributed by atoms with Crippen LogP contribution in [-0.2, 0) is 11.3 Å². The molecule has 0 aliphatic carbocycles. The van der Waals surface area contributed by atoms with Crippen molar-refractivity contribution in [2.75, 3.05) is 19.0 Å². The number of nitrogens with zero attached hydrogens (tertiary/aromatic N) is 2. The van der Waals surface area contributed by atoms with E-state index in [2.05, 4.69) is 22.2 Å². The summed E-state index contributed by atoms with van der Waals surface area (Å²) in [5.41, 5.74) is 0.959. The highest BCUT2D eigenvalue weighted by Gasteiger charge is 2.13. The van der Waals surface area contributed by atoms with E-state index in [0.29, 0.717) is 23.9 Å². The Hall–Kier alpha value is -1.72. The zero-order valence-electron chi connectivity index (χ0n) is 12.0.